The van der Waals surface area contributed by atoms with Gasteiger partial charge in [0, 0.05) is 12.8 Å². The molecule has 0 heterocycles. The Kier molecular flexibility index (Phi) is 59.0. The molecule has 0 aromatic carbocycles. The van der Waals surface area contributed by atoms with Crippen molar-refractivity contribution >= 4 is 11.9 Å². The van der Waals surface area contributed by atoms with Crippen molar-refractivity contribution in [2.75, 3.05) is 13.2 Å². The van der Waals surface area contributed by atoms with Crippen molar-refractivity contribution in [1.29, 1.82) is 0 Å². The fourth-order valence-corrected chi connectivity index (χ4v) is 9.77. The molecule has 0 aromatic heterocycles. The van der Waals surface area contributed by atoms with Gasteiger partial charge in [0.15, 0.2) is 0 Å². The zero-order valence-electron chi connectivity index (χ0n) is 47.7. The molecule has 6 nitrogen and oxygen atoms in total. The van der Waals surface area contributed by atoms with E-state index in [2.05, 4.69) is 43.5 Å². The quantitative estimate of drug-likeness (QED) is 0.0321. The molecule has 0 saturated heterocycles. The lowest BCUT2D eigenvalue weighted by molar-refractivity contribution is -0.143. The van der Waals surface area contributed by atoms with Gasteiger partial charge < -0.3 is 20.3 Å². The lowest BCUT2D eigenvalue weighted by Gasteiger charge is -2.20. The number of amides is 1. The van der Waals surface area contributed by atoms with E-state index >= 15 is 0 Å². The average molecular weight is 999 g/mol. The Hall–Kier alpha value is -1.92. The number of hydrogen-bond donors (Lipinski definition) is 3. The molecule has 0 fully saturated rings. The first-order chi connectivity index (χ1) is 35.0. The van der Waals surface area contributed by atoms with Crippen molar-refractivity contribution < 1.29 is 24.5 Å². The van der Waals surface area contributed by atoms with Gasteiger partial charge in [-0.3, -0.25) is 9.59 Å². The number of hydrogen-bond acceptors (Lipinski definition) is 5. The monoisotopic (exact) mass is 998 g/mol. The van der Waals surface area contributed by atoms with Crippen LogP contribution in [0.1, 0.15) is 341 Å². The minimum atomic E-state index is -0.847. The summed E-state index contributed by atoms with van der Waals surface area (Å²) in [5.74, 6) is -0.0720. The number of ether oxygens (including phenoxy) is 1. The van der Waals surface area contributed by atoms with Gasteiger partial charge in [0.2, 0.25) is 5.91 Å². The highest BCUT2D eigenvalue weighted by Crippen LogP contribution is 2.18. The molecule has 3 N–H and O–H groups in total. The molecule has 71 heavy (non-hydrogen) atoms. The molecule has 418 valence electrons. The Bertz CT molecular complexity index is 1150. The molecule has 6 heteroatoms. The van der Waals surface area contributed by atoms with E-state index in [9.17, 15) is 19.8 Å². The van der Waals surface area contributed by atoms with Gasteiger partial charge in [-0.2, -0.15) is 0 Å². The summed E-state index contributed by atoms with van der Waals surface area (Å²) in [4.78, 5) is 24.5. The number of rotatable bonds is 59. The third kappa shape index (κ3) is 57.2. The molecule has 0 spiro atoms. The molecule has 0 aliphatic heterocycles. The van der Waals surface area contributed by atoms with Crippen molar-refractivity contribution in [3.05, 3.63) is 36.5 Å². The first-order valence-corrected chi connectivity index (χ1v) is 31.8. The standard InChI is InChI=1S/C65H123NO5/c1-3-5-7-9-11-13-15-17-19-20-21-24-27-30-33-37-41-45-49-53-57-63(68)62(61-67)66-64(69)58-54-50-46-42-38-34-31-28-25-22-23-26-29-32-36-40-44-48-52-56-60-71-65(70)59-55-51-47-43-39-35-18-16-14-12-10-8-6-4-2/h10,12,16,18,53,57,62-63,67-68H,3-9,11,13-15,17,19-52,54-56,58-61H2,1-2H3,(H,66,69)/b12-10-,18-16-,57-53+. The molecule has 0 aromatic rings. The number of aliphatic hydroxyl groups is 2. The van der Waals surface area contributed by atoms with Gasteiger partial charge in [-0.15, -0.1) is 0 Å². The van der Waals surface area contributed by atoms with E-state index in [1.165, 1.54) is 263 Å². The average Bonchev–Trinajstić information content (AvgIpc) is 3.37. The highest BCUT2D eigenvalue weighted by atomic mass is 16.5. The molecular formula is C65H123NO5. The summed E-state index contributed by atoms with van der Waals surface area (Å²) in [6.07, 6.45) is 76.1. The first-order valence-electron chi connectivity index (χ1n) is 31.8. The van der Waals surface area contributed by atoms with Crippen LogP contribution < -0.4 is 5.32 Å². The van der Waals surface area contributed by atoms with Gasteiger partial charge in [-0.1, -0.05) is 307 Å². The zero-order chi connectivity index (χ0) is 51.4. The second kappa shape index (κ2) is 60.6. The van der Waals surface area contributed by atoms with Crippen LogP contribution in [0.15, 0.2) is 36.5 Å². The van der Waals surface area contributed by atoms with E-state index < -0.39 is 12.1 Å². The van der Waals surface area contributed by atoms with Gasteiger partial charge in [0.1, 0.15) is 0 Å². The van der Waals surface area contributed by atoms with Gasteiger partial charge in [-0.25, -0.2) is 0 Å². The van der Waals surface area contributed by atoms with Crippen LogP contribution in [0, 0.1) is 0 Å². The molecular weight excluding hydrogens is 875 g/mol. The number of nitrogens with one attached hydrogen (secondary N) is 1. The second-order valence-corrected chi connectivity index (χ2v) is 21.7. The zero-order valence-corrected chi connectivity index (χ0v) is 47.7. The van der Waals surface area contributed by atoms with Gasteiger partial charge in [0.25, 0.3) is 0 Å². The maximum atomic E-state index is 12.5. The van der Waals surface area contributed by atoms with E-state index in [1.807, 2.05) is 6.08 Å². The summed E-state index contributed by atoms with van der Waals surface area (Å²) in [5.41, 5.74) is 0. The Labute approximate surface area is 443 Å². The van der Waals surface area contributed by atoms with Crippen molar-refractivity contribution in [1.82, 2.24) is 5.32 Å². The number of esters is 1. The predicted octanol–water partition coefficient (Wildman–Crippen LogP) is 20.0. The number of allylic oxidation sites excluding steroid dienone is 5. The number of unbranched alkanes of at least 4 members (excludes halogenated alkanes) is 44. The maximum Gasteiger partial charge on any atom is 0.305 e. The van der Waals surface area contributed by atoms with Crippen molar-refractivity contribution in [3.8, 4) is 0 Å². The molecule has 0 bridgehead atoms. The molecule has 0 aliphatic carbocycles. The molecule has 0 radical (unpaired) electrons. The fraction of sp³-hybridized carbons (Fsp3) is 0.877. The van der Waals surface area contributed by atoms with Crippen molar-refractivity contribution in [2.24, 2.45) is 0 Å². The third-order valence-corrected chi connectivity index (χ3v) is 14.7. The Morgan fingerprint density at radius 3 is 1.11 bits per heavy atom. The smallest absolute Gasteiger partial charge is 0.305 e. The number of carbonyl (C=O) groups is 2. The minimum Gasteiger partial charge on any atom is -0.466 e. The Morgan fingerprint density at radius 2 is 0.718 bits per heavy atom. The van der Waals surface area contributed by atoms with Crippen LogP contribution in [-0.2, 0) is 14.3 Å². The largest absolute Gasteiger partial charge is 0.466 e. The van der Waals surface area contributed by atoms with E-state index in [4.69, 9.17) is 4.74 Å². The highest BCUT2D eigenvalue weighted by molar-refractivity contribution is 5.76. The molecule has 0 saturated carbocycles. The van der Waals surface area contributed by atoms with Crippen LogP contribution in [0.25, 0.3) is 0 Å². The fourth-order valence-electron chi connectivity index (χ4n) is 9.77. The van der Waals surface area contributed by atoms with Gasteiger partial charge >= 0.3 is 5.97 Å². The summed E-state index contributed by atoms with van der Waals surface area (Å²) >= 11 is 0. The van der Waals surface area contributed by atoms with E-state index in [-0.39, 0.29) is 18.5 Å². The second-order valence-electron chi connectivity index (χ2n) is 21.7. The Morgan fingerprint density at radius 1 is 0.394 bits per heavy atom. The van der Waals surface area contributed by atoms with Crippen LogP contribution in [0.3, 0.4) is 0 Å². The molecule has 2 unspecified atom stereocenters. The summed E-state index contributed by atoms with van der Waals surface area (Å²) in [7, 11) is 0. The predicted molar refractivity (Wildman–Crippen MR) is 310 cm³/mol. The molecule has 1 amide bonds. The first kappa shape index (κ1) is 69.1. The highest BCUT2D eigenvalue weighted by Gasteiger charge is 2.18. The number of aliphatic hydroxyl groups excluding tert-OH is 2. The van der Waals surface area contributed by atoms with Crippen LogP contribution in [-0.4, -0.2) is 47.4 Å². The summed E-state index contributed by atoms with van der Waals surface area (Å²) in [6.45, 7) is 4.87. The summed E-state index contributed by atoms with van der Waals surface area (Å²) < 4.78 is 5.47. The van der Waals surface area contributed by atoms with E-state index in [1.54, 1.807) is 6.08 Å². The van der Waals surface area contributed by atoms with E-state index in [0.717, 1.165) is 51.4 Å². The van der Waals surface area contributed by atoms with Crippen LogP contribution in [0.2, 0.25) is 0 Å². The lowest BCUT2D eigenvalue weighted by atomic mass is 10.0. The molecule has 0 rings (SSSR count). The third-order valence-electron chi connectivity index (χ3n) is 14.7. The van der Waals surface area contributed by atoms with Crippen LogP contribution in [0.4, 0.5) is 0 Å². The van der Waals surface area contributed by atoms with E-state index in [0.29, 0.717) is 19.4 Å². The molecule has 2 atom stereocenters. The van der Waals surface area contributed by atoms with Crippen molar-refractivity contribution in [3.63, 3.8) is 0 Å². The summed E-state index contributed by atoms with van der Waals surface area (Å²) in [6, 6.07) is -0.631. The SMILES string of the molecule is CCCC/C=C\C/C=C\CCCCCCCC(=O)OCCCCCCCCCCCCCCCCCCCCCCC(=O)NC(CO)C(O)/C=C/CCCCCCCCCCCCCCCCCCCC. The van der Waals surface area contributed by atoms with Crippen molar-refractivity contribution in [2.45, 2.75) is 353 Å². The molecule has 0 aliphatic rings. The van der Waals surface area contributed by atoms with Crippen LogP contribution >= 0.6 is 0 Å². The maximum absolute atomic E-state index is 12.5. The topological polar surface area (TPSA) is 95.9 Å². The number of carbonyl (C=O) groups excluding carboxylic acids is 2. The Balaban J connectivity index is 3.43. The summed E-state index contributed by atoms with van der Waals surface area (Å²) in [5, 5.41) is 23.2. The normalized spacial score (nSPS) is 12.8. The van der Waals surface area contributed by atoms with Gasteiger partial charge in [0.05, 0.1) is 25.4 Å². The van der Waals surface area contributed by atoms with Gasteiger partial charge in [-0.05, 0) is 57.8 Å². The van der Waals surface area contributed by atoms with Crippen LogP contribution in [0.5, 0.6) is 0 Å². The lowest BCUT2D eigenvalue weighted by Crippen LogP contribution is -2.45. The minimum absolute atomic E-state index is 0.00448.